The summed E-state index contributed by atoms with van der Waals surface area (Å²) in [6, 6.07) is 9.56. The summed E-state index contributed by atoms with van der Waals surface area (Å²) in [7, 11) is 1.63. The number of benzene rings is 1. The molecule has 1 amide bonds. The Kier molecular flexibility index (Phi) is 5.27. The predicted octanol–water partition coefficient (Wildman–Crippen LogP) is 1.84. The van der Waals surface area contributed by atoms with Gasteiger partial charge in [-0.1, -0.05) is 18.2 Å². The summed E-state index contributed by atoms with van der Waals surface area (Å²) in [5.41, 5.74) is 1.47. The van der Waals surface area contributed by atoms with Gasteiger partial charge in [0.05, 0.1) is 30.9 Å². The second-order valence-electron chi connectivity index (χ2n) is 5.97. The van der Waals surface area contributed by atoms with Crippen molar-refractivity contribution in [1.82, 2.24) is 10.3 Å². The highest BCUT2D eigenvalue weighted by atomic mass is 16.5. The van der Waals surface area contributed by atoms with Crippen LogP contribution in [-0.2, 0) is 9.47 Å². The Morgan fingerprint density at radius 1 is 1.38 bits per heavy atom. The fraction of sp³-hybridized carbons (Fsp3) is 0.444. The number of nitrogens with zero attached hydrogens (tertiary/aromatic N) is 2. The highest BCUT2D eigenvalue weighted by Gasteiger charge is 2.19. The predicted molar refractivity (Wildman–Crippen MR) is 93.6 cm³/mol. The summed E-state index contributed by atoms with van der Waals surface area (Å²) < 4.78 is 10.5. The van der Waals surface area contributed by atoms with Crippen molar-refractivity contribution in [3.63, 3.8) is 0 Å². The number of aromatic nitrogens is 1. The van der Waals surface area contributed by atoms with Crippen LogP contribution in [0.3, 0.4) is 0 Å². The molecule has 0 unspecified atom stereocenters. The van der Waals surface area contributed by atoms with E-state index in [1.165, 1.54) is 0 Å². The van der Waals surface area contributed by atoms with Crippen LogP contribution in [0.25, 0.3) is 10.9 Å². The summed E-state index contributed by atoms with van der Waals surface area (Å²) in [6.45, 7) is 5.33. The van der Waals surface area contributed by atoms with Crippen molar-refractivity contribution < 1.29 is 14.3 Å². The summed E-state index contributed by atoms with van der Waals surface area (Å²) in [5.74, 6) is 0.717. The Balaban J connectivity index is 1.96. The van der Waals surface area contributed by atoms with Crippen molar-refractivity contribution in [3.8, 4) is 0 Å². The molecule has 6 heteroatoms. The average molecular weight is 329 g/mol. The van der Waals surface area contributed by atoms with E-state index >= 15 is 0 Å². The molecule has 1 saturated heterocycles. The second kappa shape index (κ2) is 7.59. The molecule has 1 aromatic carbocycles. The summed E-state index contributed by atoms with van der Waals surface area (Å²) >= 11 is 0. The number of nitrogens with one attached hydrogen (secondary N) is 1. The van der Waals surface area contributed by atoms with Crippen molar-refractivity contribution in [1.29, 1.82) is 0 Å². The zero-order chi connectivity index (χ0) is 16.9. The van der Waals surface area contributed by atoms with E-state index in [9.17, 15) is 4.79 Å². The molecule has 2 heterocycles. The summed E-state index contributed by atoms with van der Waals surface area (Å²) in [4.78, 5) is 19.6. The zero-order valence-corrected chi connectivity index (χ0v) is 14.1. The van der Waals surface area contributed by atoms with Crippen molar-refractivity contribution in [2.45, 2.75) is 13.0 Å². The van der Waals surface area contributed by atoms with Gasteiger partial charge < -0.3 is 19.7 Å². The van der Waals surface area contributed by atoms with Gasteiger partial charge in [0, 0.05) is 31.6 Å². The van der Waals surface area contributed by atoms with E-state index in [1.807, 2.05) is 37.3 Å². The molecule has 1 aromatic heterocycles. The monoisotopic (exact) mass is 329 g/mol. The molecule has 1 aliphatic rings. The molecule has 1 atom stereocenters. The normalized spacial score (nSPS) is 16.2. The molecule has 0 spiro atoms. The van der Waals surface area contributed by atoms with Crippen molar-refractivity contribution in [3.05, 3.63) is 35.9 Å². The van der Waals surface area contributed by atoms with E-state index in [1.54, 1.807) is 7.11 Å². The first kappa shape index (κ1) is 16.7. The van der Waals surface area contributed by atoms with Crippen LogP contribution >= 0.6 is 0 Å². The van der Waals surface area contributed by atoms with Crippen LogP contribution in [0.5, 0.6) is 0 Å². The van der Waals surface area contributed by atoms with Crippen LogP contribution in [0, 0.1) is 0 Å². The van der Waals surface area contributed by atoms with E-state index in [-0.39, 0.29) is 11.9 Å². The Bertz CT molecular complexity index is 714. The minimum Gasteiger partial charge on any atom is -0.383 e. The number of rotatable bonds is 5. The third-order valence-electron chi connectivity index (χ3n) is 4.08. The zero-order valence-electron chi connectivity index (χ0n) is 14.1. The van der Waals surface area contributed by atoms with Gasteiger partial charge in [0.1, 0.15) is 5.82 Å². The molecule has 0 aliphatic carbocycles. The fourth-order valence-corrected chi connectivity index (χ4v) is 2.90. The van der Waals surface area contributed by atoms with E-state index in [0.717, 1.165) is 29.8 Å². The van der Waals surface area contributed by atoms with Gasteiger partial charge in [-0.25, -0.2) is 4.98 Å². The lowest BCUT2D eigenvalue weighted by atomic mass is 10.1. The molecule has 2 aromatic rings. The second-order valence-corrected chi connectivity index (χ2v) is 5.97. The first-order valence-corrected chi connectivity index (χ1v) is 8.21. The van der Waals surface area contributed by atoms with E-state index < -0.39 is 0 Å². The molecule has 0 radical (unpaired) electrons. The molecular formula is C18H23N3O3. The molecule has 1 fully saturated rings. The largest absolute Gasteiger partial charge is 0.383 e. The number of morpholine rings is 1. The molecule has 0 bridgehead atoms. The standard InChI is InChI=1S/C18H23N3O3/c1-13(12-23-2)19-18(22)15-11-17(21-7-9-24-10-8-21)20-16-6-4-3-5-14(15)16/h3-6,11,13H,7-10,12H2,1-2H3,(H,19,22)/t13-/m0/s1. The van der Waals surface area contributed by atoms with Gasteiger partial charge in [0.2, 0.25) is 0 Å². The van der Waals surface area contributed by atoms with E-state index in [0.29, 0.717) is 25.4 Å². The Hall–Kier alpha value is -2.18. The Morgan fingerprint density at radius 2 is 2.12 bits per heavy atom. The number of para-hydroxylation sites is 1. The average Bonchev–Trinajstić information content (AvgIpc) is 2.61. The number of carbonyl (C=O) groups is 1. The van der Waals surface area contributed by atoms with Gasteiger partial charge in [-0.3, -0.25) is 4.79 Å². The molecule has 1 N–H and O–H groups in total. The number of hydrogen-bond acceptors (Lipinski definition) is 5. The Morgan fingerprint density at radius 3 is 2.88 bits per heavy atom. The van der Waals surface area contributed by atoms with Crippen molar-refractivity contribution in [2.75, 3.05) is 44.9 Å². The highest BCUT2D eigenvalue weighted by molar-refractivity contribution is 6.07. The Labute approximate surface area is 141 Å². The van der Waals surface area contributed by atoms with Gasteiger partial charge in [0.25, 0.3) is 5.91 Å². The van der Waals surface area contributed by atoms with Crippen molar-refractivity contribution in [2.24, 2.45) is 0 Å². The topological polar surface area (TPSA) is 63.7 Å². The van der Waals surface area contributed by atoms with Crippen LogP contribution in [0.1, 0.15) is 17.3 Å². The third-order valence-corrected chi connectivity index (χ3v) is 4.08. The maximum absolute atomic E-state index is 12.7. The maximum atomic E-state index is 12.7. The van der Waals surface area contributed by atoms with Gasteiger partial charge in [0.15, 0.2) is 0 Å². The lowest BCUT2D eigenvalue weighted by molar-refractivity contribution is 0.0907. The van der Waals surface area contributed by atoms with Crippen LogP contribution in [0.2, 0.25) is 0 Å². The molecule has 128 valence electrons. The number of ether oxygens (including phenoxy) is 2. The number of hydrogen-bond donors (Lipinski definition) is 1. The van der Waals surface area contributed by atoms with Crippen LogP contribution in [-0.4, -0.2) is 57.0 Å². The number of amides is 1. The van der Waals surface area contributed by atoms with Crippen LogP contribution < -0.4 is 10.2 Å². The van der Waals surface area contributed by atoms with Crippen molar-refractivity contribution >= 4 is 22.6 Å². The summed E-state index contributed by atoms with van der Waals surface area (Å²) in [5, 5.41) is 3.84. The fourth-order valence-electron chi connectivity index (χ4n) is 2.90. The molecular weight excluding hydrogens is 306 g/mol. The highest BCUT2D eigenvalue weighted by Crippen LogP contribution is 2.23. The van der Waals surface area contributed by atoms with Gasteiger partial charge in [-0.05, 0) is 19.1 Å². The van der Waals surface area contributed by atoms with E-state index in [4.69, 9.17) is 14.5 Å². The SMILES string of the molecule is COC[C@H](C)NC(=O)c1cc(N2CCOCC2)nc2ccccc12. The lowest BCUT2D eigenvalue weighted by Gasteiger charge is -2.28. The van der Waals surface area contributed by atoms with Gasteiger partial charge >= 0.3 is 0 Å². The quantitative estimate of drug-likeness (QED) is 0.907. The third kappa shape index (κ3) is 3.66. The lowest BCUT2D eigenvalue weighted by Crippen LogP contribution is -2.38. The molecule has 3 rings (SSSR count). The molecule has 0 saturated carbocycles. The number of anilines is 1. The number of pyridine rings is 1. The molecule has 24 heavy (non-hydrogen) atoms. The maximum Gasteiger partial charge on any atom is 0.252 e. The first-order valence-electron chi connectivity index (χ1n) is 8.21. The van der Waals surface area contributed by atoms with Gasteiger partial charge in [-0.15, -0.1) is 0 Å². The first-order chi connectivity index (χ1) is 11.7. The number of carbonyl (C=O) groups excluding carboxylic acids is 1. The molecule has 1 aliphatic heterocycles. The van der Waals surface area contributed by atoms with Crippen LogP contribution in [0.4, 0.5) is 5.82 Å². The van der Waals surface area contributed by atoms with Gasteiger partial charge in [-0.2, -0.15) is 0 Å². The minimum atomic E-state index is -0.104. The van der Waals surface area contributed by atoms with Crippen LogP contribution in [0.15, 0.2) is 30.3 Å². The molecule has 6 nitrogen and oxygen atoms in total. The summed E-state index contributed by atoms with van der Waals surface area (Å²) in [6.07, 6.45) is 0. The number of methoxy groups -OCH3 is 1. The minimum absolute atomic E-state index is 0.0544. The van der Waals surface area contributed by atoms with E-state index in [2.05, 4.69) is 10.2 Å². The smallest absolute Gasteiger partial charge is 0.252 e. The number of fused-ring (bicyclic) bond motifs is 1.